The number of hydrogen-bond acceptors (Lipinski definition) is 5. The number of nitrogens with zero attached hydrogens (tertiary/aromatic N) is 4. The molecule has 2 saturated heterocycles. The smallest absolute Gasteiger partial charge is 0.272 e. The highest BCUT2D eigenvalue weighted by molar-refractivity contribution is 5.99. The van der Waals surface area contributed by atoms with Crippen LogP contribution in [0.1, 0.15) is 35.2 Å². The minimum absolute atomic E-state index is 0.0890. The average Bonchev–Trinajstić information content (AvgIpc) is 3.26. The fraction of sp³-hybridized carbons (Fsp3) is 0.579. The van der Waals surface area contributed by atoms with E-state index in [0.717, 1.165) is 57.2 Å². The number of ether oxygens (including phenoxy) is 1. The van der Waals surface area contributed by atoms with Crippen LogP contribution in [-0.4, -0.2) is 78.1 Å². The van der Waals surface area contributed by atoms with E-state index in [1.165, 1.54) is 6.42 Å². The molecule has 0 spiro atoms. The molecule has 0 aliphatic carbocycles. The Morgan fingerprint density at radius 3 is 2.92 bits per heavy atom. The first-order valence-corrected chi connectivity index (χ1v) is 9.49. The zero-order valence-electron chi connectivity index (χ0n) is 15.4. The highest BCUT2D eigenvalue weighted by Crippen LogP contribution is 2.31. The summed E-state index contributed by atoms with van der Waals surface area (Å²) in [6, 6.07) is 6.21. The zero-order valence-corrected chi connectivity index (χ0v) is 15.4. The van der Waals surface area contributed by atoms with E-state index in [9.17, 15) is 4.79 Å². The van der Waals surface area contributed by atoms with E-state index >= 15 is 0 Å². The molecule has 0 saturated carbocycles. The van der Waals surface area contributed by atoms with Gasteiger partial charge < -0.3 is 14.5 Å². The molecule has 2 fully saturated rings. The Bertz CT molecular complexity index is 768. The van der Waals surface area contributed by atoms with Crippen LogP contribution in [0, 0.1) is 0 Å². The Labute approximate surface area is 153 Å². The quantitative estimate of drug-likeness (QED) is 0.870. The molecule has 1 unspecified atom stereocenters. The third kappa shape index (κ3) is 3.47. The monoisotopic (exact) mass is 357 g/mol. The second-order valence-corrected chi connectivity index (χ2v) is 7.12. The number of rotatable bonds is 5. The van der Waals surface area contributed by atoms with Crippen molar-refractivity contribution in [3.63, 3.8) is 0 Å². The average molecular weight is 357 g/mol. The Morgan fingerprint density at radius 1 is 1.31 bits per heavy atom. The van der Waals surface area contributed by atoms with Gasteiger partial charge in [0.05, 0.1) is 24.8 Å². The predicted octanol–water partition coefficient (Wildman–Crippen LogP) is 1.16. The van der Waals surface area contributed by atoms with Crippen molar-refractivity contribution in [2.75, 3.05) is 53.0 Å². The van der Waals surface area contributed by atoms with Crippen molar-refractivity contribution < 1.29 is 9.53 Å². The first-order chi connectivity index (χ1) is 12.7. The van der Waals surface area contributed by atoms with E-state index in [4.69, 9.17) is 9.72 Å². The molecular weight excluding hydrogens is 330 g/mol. The molecular formula is C19H27N5O2. The molecule has 1 atom stereocenters. The third-order valence-electron chi connectivity index (χ3n) is 5.43. The van der Waals surface area contributed by atoms with Crippen LogP contribution in [0.25, 0.3) is 5.52 Å². The zero-order chi connectivity index (χ0) is 17.9. The van der Waals surface area contributed by atoms with Crippen LogP contribution >= 0.6 is 0 Å². The third-order valence-corrected chi connectivity index (χ3v) is 5.43. The molecule has 4 rings (SSSR count). The van der Waals surface area contributed by atoms with Crippen LogP contribution in [0.4, 0.5) is 0 Å². The number of fused-ring (bicyclic) bond motifs is 1. The second-order valence-electron chi connectivity index (χ2n) is 7.12. The van der Waals surface area contributed by atoms with Crippen molar-refractivity contribution >= 4 is 11.4 Å². The maximum atomic E-state index is 12.8. The normalized spacial score (nSPS) is 22.1. The highest BCUT2D eigenvalue weighted by Gasteiger charge is 2.28. The largest absolute Gasteiger partial charge is 0.379 e. The first kappa shape index (κ1) is 17.5. The SMILES string of the molecule is CN1CCCC1c1nc(C(=O)NCCN2CCOCC2)c2ccccn12. The van der Waals surface area contributed by atoms with Gasteiger partial charge in [-0.1, -0.05) is 6.07 Å². The first-order valence-electron chi connectivity index (χ1n) is 9.49. The van der Waals surface area contributed by atoms with Gasteiger partial charge in [-0.2, -0.15) is 0 Å². The van der Waals surface area contributed by atoms with Crippen molar-refractivity contribution in [1.29, 1.82) is 0 Å². The van der Waals surface area contributed by atoms with Gasteiger partial charge >= 0.3 is 0 Å². The summed E-state index contributed by atoms with van der Waals surface area (Å²) in [6.45, 7) is 5.97. The molecule has 2 aliphatic heterocycles. The maximum Gasteiger partial charge on any atom is 0.272 e. The van der Waals surface area contributed by atoms with Crippen LogP contribution in [-0.2, 0) is 4.74 Å². The fourth-order valence-corrected chi connectivity index (χ4v) is 3.94. The van der Waals surface area contributed by atoms with Gasteiger partial charge in [0.15, 0.2) is 5.69 Å². The highest BCUT2D eigenvalue weighted by atomic mass is 16.5. The summed E-state index contributed by atoms with van der Waals surface area (Å²) < 4.78 is 7.43. The van der Waals surface area contributed by atoms with Crippen molar-refractivity contribution in [3.8, 4) is 0 Å². The van der Waals surface area contributed by atoms with Gasteiger partial charge in [0.1, 0.15) is 5.82 Å². The molecule has 1 amide bonds. The van der Waals surface area contributed by atoms with E-state index in [1.807, 2.05) is 24.4 Å². The lowest BCUT2D eigenvalue weighted by atomic mass is 10.2. The van der Waals surface area contributed by atoms with E-state index in [-0.39, 0.29) is 11.9 Å². The van der Waals surface area contributed by atoms with Crippen molar-refractivity contribution in [2.45, 2.75) is 18.9 Å². The summed E-state index contributed by atoms with van der Waals surface area (Å²) in [7, 11) is 2.13. The predicted molar refractivity (Wildman–Crippen MR) is 99.4 cm³/mol. The number of imidazole rings is 1. The van der Waals surface area contributed by atoms with Crippen LogP contribution in [0.15, 0.2) is 24.4 Å². The Balaban J connectivity index is 1.49. The molecule has 1 N–H and O–H groups in total. The molecule has 7 nitrogen and oxygen atoms in total. The van der Waals surface area contributed by atoms with Crippen molar-refractivity contribution in [2.24, 2.45) is 0 Å². The van der Waals surface area contributed by atoms with Gasteiger partial charge in [-0.25, -0.2) is 4.98 Å². The Morgan fingerprint density at radius 2 is 2.15 bits per heavy atom. The minimum Gasteiger partial charge on any atom is -0.379 e. The summed E-state index contributed by atoms with van der Waals surface area (Å²) in [4.78, 5) is 22.2. The molecule has 2 aromatic heterocycles. The van der Waals surface area contributed by atoms with Gasteiger partial charge in [0.25, 0.3) is 5.91 Å². The lowest BCUT2D eigenvalue weighted by Crippen LogP contribution is -2.41. The molecule has 4 heterocycles. The topological polar surface area (TPSA) is 62.1 Å². The van der Waals surface area contributed by atoms with E-state index in [1.54, 1.807) is 0 Å². The lowest BCUT2D eigenvalue weighted by Gasteiger charge is -2.26. The number of likely N-dealkylation sites (tertiary alicyclic amines) is 1. The number of hydrogen-bond donors (Lipinski definition) is 1. The van der Waals surface area contributed by atoms with Crippen LogP contribution in [0.3, 0.4) is 0 Å². The number of morpholine rings is 1. The molecule has 0 radical (unpaired) electrons. The number of amides is 1. The van der Waals surface area contributed by atoms with Crippen LogP contribution in [0.2, 0.25) is 0 Å². The molecule has 0 aromatic carbocycles. The van der Waals surface area contributed by atoms with Crippen molar-refractivity contribution in [3.05, 3.63) is 35.9 Å². The van der Waals surface area contributed by atoms with Crippen LogP contribution < -0.4 is 5.32 Å². The number of aromatic nitrogens is 2. The Hall–Kier alpha value is -1.96. The number of carbonyl (C=O) groups is 1. The second kappa shape index (κ2) is 7.73. The summed E-state index contributed by atoms with van der Waals surface area (Å²) in [6.07, 6.45) is 4.26. The number of nitrogens with one attached hydrogen (secondary N) is 1. The van der Waals surface area contributed by atoms with E-state index in [0.29, 0.717) is 12.2 Å². The maximum absolute atomic E-state index is 12.8. The molecule has 0 bridgehead atoms. The summed E-state index contributed by atoms with van der Waals surface area (Å²) in [5.74, 6) is 0.882. The molecule has 140 valence electrons. The van der Waals surface area contributed by atoms with E-state index in [2.05, 4.69) is 26.6 Å². The molecule has 2 aromatic rings. The number of pyridine rings is 1. The minimum atomic E-state index is -0.0890. The summed E-state index contributed by atoms with van der Waals surface area (Å²) in [5, 5.41) is 3.04. The van der Waals surface area contributed by atoms with Gasteiger partial charge in [0.2, 0.25) is 0 Å². The van der Waals surface area contributed by atoms with Gasteiger partial charge in [-0.05, 0) is 38.6 Å². The van der Waals surface area contributed by atoms with Gasteiger partial charge in [0, 0.05) is 32.4 Å². The van der Waals surface area contributed by atoms with Gasteiger partial charge in [-0.3, -0.25) is 14.6 Å². The standard InChI is InChI=1S/C19H27N5O2/c1-22-8-4-6-16(22)18-21-17(15-5-2-3-9-24(15)18)19(25)20-7-10-23-11-13-26-14-12-23/h2-3,5,9,16H,4,6-8,10-14H2,1H3,(H,20,25). The molecule has 26 heavy (non-hydrogen) atoms. The van der Waals surface area contributed by atoms with Crippen LogP contribution in [0.5, 0.6) is 0 Å². The fourth-order valence-electron chi connectivity index (χ4n) is 3.94. The Kier molecular flexibility index (Phi) is 5.19. The number of carbonyl (C=O) groups excluding carboxylic acids is 1. The molecule has 7 heteroatoms. The van der Waals surface area contributed by atoms with E-state index < -0.39 is 0 Å². The van der Waals surface area contributed by atoms with Gasteiger partial charge in [-0.15, -0.1) is 0 Å². The summed E-state index contributed by atoms with van der Waals surface area (Å²) in [5.41, 5.74) is 1.41. The summed E-state index contributed by atoms with van der Waals surface area (Å²) >= 11 is 0. The lowest BCUT2D eigenvalue weighted by molar-refractivity contribution is 0.0383. The van der Waals surface area contributed by atoms with Crippen molar-refractivity contribution in [1.82, 2.24) is 24.5 Å². The molecule has 2 aliphatic rings.